The summed E-state index contributed by atoms with van der Waals surface area (Å²) in [7, 11) is 1.97. The van der Waals surface area contributed by atoms with Crippen molar-refractivity contribution in [3.8, 4) is 0 Å². The molecule has 3 heteroatoms. The maximum Gasteiger partial charge on any atom is 0.123 e. The van der Waals surface area contributed by atoms with E-state index in [1.54, 1.807) is 12.1 Å². The van der Waals surface area contributed by atoms with Crippen LogP contribution < -0.4 is 5.32 Å². The highest BCUT2D eigenvalue weighted by Crippen LogP contribution is 2.33. The van der Waals surface area contributed by atoms with Gasteiger partial charge in [0, 0.05) is 5.54 Å². The smallest absolute Gasteiger partial charge is 0.123 e. The maximum atomic E-state index is 13.7. The monoisotopic (exact) mass is 278 g/mol. The SMILES string of the molecule is CNC(c1cc(C)cc(F)c1)C(C)(C)N1CCCCC1. The molecule has 1 heterocycles. The van der Waals surface area contributed by atoms with E-state index in [1.165, 1.54) is 19.3 Å². The van der Waals surface area contributed by atoms with E-state index < -0.39 is 0 Å². The number of halogens is 1. The van der Waals surface area contributed by atoms with Crippen molar-refractivity contribution < 1.29 is 4.39 Å². The van der Waals surface area contributed by atoms with Crippen molar-refractivity contribution in [3.63, 3.8) is 0 Å². The van der Waals surface area contributed by atoms with Crippen molar-refractivity contribution in [2.75, 3.05) is 20.1 Å². The van der Waals surface area contributed by atoms with Crippen LogP contribution in [0.15, 0.2) is 18.2 Å². The lowest BCUT2D eigenvalue weighted by Crippen LogP contribution is -2.53. The van der Waals surface area contributed by atoms with E-state index in [2.05, 4.69) is 30.1 Å². The highest BCUT2D eigenvalue weighted by Gasteiger charge is 2.36. The highest BCUT2D eigenvalue weighted by molar-refractivity contribution is 5.28. The summed E-state index contributed by atoms with van der Waals surface area (Å²) in [4.78, 5) is 2.54. The van der Waals surface area contributed by atoms with E-state index in [4.69, 9.17) is 0 Å². The molecule has 20 heavy (non-hydrogen) atoms. The van der Waals surface area contributed by atoms with Gasteiger partial charge in [-0.05, 0) is 77.0 Å². The Balaban J connectivity index is 2.29. The van der Waals surface area contributed by atoms with Gasteiger partial charge in [0.25, 0.3) is 0 Å². The van der Waals surface area contributed by atoms with Crippen LogP contribution in [0.2, 0.25) is 0 Å². The van der Waals surface area contributed by atoms with Crippen LogP contribution in [0.5, 0.6) is 0 Å². The van der Waals surface area contributed by atoms with Crippen LogP contribution in [-0.2, 0) is 0 Å². The van der Waals surface area contributed by atoms with Gasteiger partial charge in [-0.2, -0.15) is 0 Å². The fraction of sp³-hybridized carbons (Fsp3) is 0.647. The fourth-order valence-corrected chi connectivity index (χ4v) is 3.51. The number of nitrogens with one attached hydrogen (secondary N) is 1. The second kappa shape index (κ2) is 6.23. The molecule has 1 aromatic rings. The molecule has 0 aliphatic carbocycles. The molecule has 1 aromatic carbocycles. The molecular weight excluding hydrogens is 251 g/mol. The molecule has 0 saturated carbocycles. The minimum atomic E-state index is -0.144. The first-order valence-corrected chi connectivity index (χ1v) is 7.64. The first-order chi connectivity index (χ1) is 9.45. The van der Waals surface area contributed by atoms with Gasteiger partial charge in [-0.1, -0.05) is 12.5 Å². The summed E-state index contributed by atoms with van der Waals surface area (Å²) in [6, 6.07) is 5.48. The Kier molecular flexibility index (Phi) is 4.82. The van der Waals surface area contributed by atoms with Gasteiger partial charge in [-0.15, -0.1) is 0 Å². The average Bonchev–Trinajstić information content (AvgIpc) is 2.39. The van der Waals surface area contributed by atoms with Crippen molar-refractivity contribution in [1.29, 1.82) is 0 Å². The van der Waals surface area contributed by atoms with Gasteiger partial charge in [0.05, 0.1) is 6.04 Å². The summed E-state index contributed by atoms with van der Waals surface area (Å²) in [5, 5.41) is 3.40. The van der Waals surface area contributed by atoms with Crippen LogP contribution in [-0.4, -0.2) is 30.6 Å². The minimum absolute atomic E-state index is 0.0184. The molecular formula is C17H27FN2. The Morgan fingerprint density at radius 3 is 2.35 bits per heavy atom. The molecule has 1 fully saturated rings. The van der Waals surface area contributed by atoms with Crippen LogP contribution in [0.3, 0.4) is 0 Å². The van der Waals surface area contributed by atoms with Gasteiger partial charge in [-0.25, -0.2) is 4.39 Å². The first kappa shape index (κ1) is 15.5. The van der Waals surface area contributed by atoms with Crippen LogP contribution in [0, 0.1) is 12.7 Å². The molecule has 1 unspecified atom stereocenters. The van der Waals surface area contributed by atoms with Crippen molar-refractivity contribution in [1.82, 2.24) is 10.2 Å². The third-order valence-corrected chi connectivity index (χ3v) is 4.56. The molecule has 0 bridgehead atoms. The van der Waals surface area contributed by atoms with Crippen LogP contribution >= 0.6 is 0 Å². The zero-order valence-corrected chi connectivity index (χ0v) is 13.2. The van der Waals surface area contributed by atoms with Gasteiger partial charge >= 0.3 is 0 Å². The second-order valence-electron chi connectivity index (χ2n) is 6.48. The van der Waals surface area contributed by atoms with Gasteiger partial charge in [0.2, 0.25) is 0 Å². The van der Waals surface area contributed by atoms with Crippen LogP contribution in [0.25, 0.3) is 0 Å². The van der Waals surface area contributed by atoms with E-state index in [1.807, 2.05) is 14.0 Å². The standard InChI is InChI=1S/C17H27FN2/c1-13-10-14(12-15(18)11-13)16(19-4)17(2,3)20-8-6-5-7-9-20/h10-12,16,19H,5-9H2,1-4H3. The lowest BCUT2D eigenvalue weighted by Gasteiger charge is -2.46. The van der Waals surface area contributed by atoms with Crippen molar-refractivity contribution in [3.05, 3.63) is 35.1 Å². The number of hydrogen-bond donors (Lipinski definition) is 1. The van der Waals surface area contributed by atoms with Gasteiger partial charge in [0.15, 0.2) is 0 Å². The number of aryl methyl sites for hydroxylation is 1. The van der Waals surface area contributed by atoms with Gasteiger partial charge in [0.1, 0.15) is 5.82 Å². The predicted octanol–water partition coefficient (Wildman–Crippen LogP) is 3.66. The molecule has 2 nitrogen and oxygen atoms in total. The first-order valence-electron chi connectivity index (χ1n) is 7.64. The Morgan fingerprint density at radius 2 is 1.80 bits per heavy atom. The van der Waals surface area contributed by atoms with E-state index in [0.29, 0.717) is 0 Å². The molecule has 0 spiro atoms. The predicted molar refractivity (Wildman–Crippen MR) is 82.4 cm³/mol. The fourth-order valence-electron chi connectivity index (χ4n) is 3.51. The van der Waals surface area contributed by atoms with Crippen molar-refractivity contribution in [2.45, 2.75) is 51.6 Å². The van der Waals surface area contributed by atoms with Gasteiger partial charge < -0.3 is 5.32 Å². The molecule has 0 aromatic heterocycles. The Hall–Kier alpha value is -0.930. The third-order valence-electron chi connectivity index (χ3n) is 4.56. The second-order valence-corrected chi connectivity index (χ2v) is 6.48. The number of likely N-dealkylation sites (tertiary alicyclic amines) is 1. The lowest BCUT2D eigenvalue weighted by molar-refractivity contribution is 0.0632. The molecule has 1 aliphatic heterocycles. The Morgan fingerprint density at radius 1 is 1.15 bits per heavy atom. The summed E-state index contributed by atoms with van der Waals surface area (Å²) in [6.45, 7) is 8.76. The number of hydrogen-bond acceptors (Lipinski definition) is 2. The number of nitrogens with zero attached hydrogens (tertiary/aromatic N) is 1. The number of piperidine rings is 1. The maximum absolute atomic E-state index is 13.7. The molecule has 2 rings (SSSR count). The third kappa shape index (κ3) is 3.21. The van der Waals surface area contributed by atoms with Crippen molar-refractivity contribution >= 4 is 0 Å². The number of benzene rings is 1. The summed E-state index contributed by atoms with van der Waals surface area (Å²) in [5.41, 5.74) is 2.00. The van der Waals surface area contributed by atoms with E-state index in [9.17, 15) is 4.39 Å². The summed E-state index contributed by atoms with van der Waals surface area (Å²) in [5.74, 6) is -0.144. The average molecular weight is 278 g/mol. The van der Waals surface area contributed by atoms with Crippen LogP contribution in [0.4, 0.5) is 4.39 Å². The summed E-state index contributed by atoms with van der Waals surface area (Å²) in [6.07, 6.45) is 3.86. The quantitative estimate of drug-likeness (QED) is 0.904. The molecule has 0 amide bonds. The van der Waals surface area contributed by atoms with E-state index in [-0.39, 0.29) is 17.4 Å². The Labute approximate surface area is 122 Å². The topological polar surface area (TPSA) is 15.3 Å². The number of likely N-dealkylation sites (N-methyl/N-ethyl adjacent to an activating group) is 1. The minimum Gasteiger partial charge on any atom is -0.311 e. The summed E-state index contributed by atoms with van der Waals surface area (Å²) >= 11 is 0. The molecule has 1 aliphatic rings. The largest absolute Gasteiger partial charge is 0.311 e. The number of rotatable bonds is 4. The highest BCUT2D eigenvalue weighted by atomic mass is 19.1. The van der Waals surface area contributed by atoms with Crippen molar-refractivity contribution in [2.24, 2.45) is 0 Å². The molecule has 1 atom stereocenters. The van der Waals surface area contributed by atoms with E-state index in [0.717, 1.165) is 24.2 Å². The molecule has 1 saturated heterocycles. The Bertz CT molecular complexity index is 430. The normalized spacial score (nSPS) is 19.1. The lowest BCUT2D eigenvalue weighted by atomic mass is 9.85. The van der Waals surface area contributed by atoms with E-state index >= 15 is 0 Å². The zero-order valence-electron chi connectivity index (χ0n) is 13.2. The molecule has 1 N–H and O–H groups in total. The van der Waals surface area contributed by atoms with Crippen LogP contribution in [0.1, 0.15) is 50.3 Å². The summed E-state index contributed by atoms with van der Waals surface area (Å²) < 4.78 is 13.7. The zero-order chi connectivity index (χ0) is 14.8. The molecule has 0 radical (unpaired) electrons. The van der Waals surface area contributed by atoms with Gasteiger partial charge in [-0.3, -0.25) is 4.90 Å². The molecule has 112 valence electrons.